The van der Waals surface area contributed by atoms with Crippen LogP contribution in [0.4, 0.5) is 0 Å². The van der Waals surface area contributed by atoms with Gasteiger partial charge in [0.05, 0.1) is 0 Å². The van der Waals surface area contributed by atoms with E-state index in [-0.39, 0.29) is 5.92 Å². The molecular formula is C20H32N2O9. The molecule has 11 heteroatoms. The molecule has 0 aromatic carbocycles. The monoisotopic (exact) mass is 444 g/mol. The van der Waals surface area contributed by atoms with E-state index >= 15 is 0 Å². The van der Waals surface area contributed by atoms with Gasteiger partial charge in [-0.3, -0.25) is 14.4 Å². The molecule has 0 saturated carbocycles. The van der Waals surface area contributed by atoms with Crippen molar-refractivity contribution in [1.82, 2.24) is 10.6 Å². The molecular weight excluding hydrogens is 412 g/mol. The van der Waals surface area contributed by atoms with Gasteiger partial charge in [0.15, 0.2) is 24.0 Å². The van der Waals surface area contributed by atoms with Crippen LogP contribution in [0.3, 0.4) is 0 Å². The van der Waals surface area contributed by atoms with Crippen LogP contribution in [0.15, 0.2) is 0 Å². The minimum absolute atomic E-state index is 0.306. The molecule has 31 heavy (non-hydrogen) atoms. The molecule has 7 atom stereocenters. The third-order valence-electron chi connectivity index (χ3n) is 5.39. The predicted molar refractivity (Wildman–Crippen MR) is 105 cm³/mol. The second-order valence-electron chi connectivity index (χ2n) is 9.39. The fourth-order valence-electron chi connectivity index (χ4n) is 3.96. The summed E-state index contributed by atoms with van der Waals surface area (Å²) in [6.07, 6.45) is -3.92. The molecule has 3 aliphatic heterocycles. The number of ether oxygens (including phenoxy) is 5. The van der Waals surface area contributed by atoms with Crippen molar-refractivity contribution in [3.8, 4) is 0 Å². The Balaban J connectivity index is 1.77. The van der Waals surface area contributed by atoms with Crippen LogP contribution in [0.25, 0.3) is 0 Å². The van der Waals surface area contributed by atoms with E-state index in [1.54, 1.807) is 41.5 Å². The Kier molecular flexibility index (Phi) is 6.38. The first-order valence-electron chi connectivity index (χ1n) is 10.4. The fraction of sp³-hybridized carbons (Fsp3) is 0.850. The fourth-order valence-corrected chi connectivity index (χ4v) is 3.96. The molecule has 0 bridgehead atoms. The molecule has 0 aromatic heterocycles. The van der Waals surface area contributed by atoms with E-state index in [0.29, 0.717) is 0 Å². The van der Waals surface area contributed by atoms with Crippen LogP contribution in [-0.4, -0.2) is 77.3 Å². The van der Waals surface area contributed by atoms with Gasteiger partial charge in [-0.15, -0.1) is 0 Å². The van der Waals surface area contributed by atoms with E-state index < -0.39 is 72.1 Å². The Bertz CT molecular complexity index is 738. The van der Waals surface area contributed by atoms with Crippen LogP contribution in [0.2, 0.25) is 0 Å². The van der Waals surface area contributed by atoms with Crippen molar-refractivity contribution >= 4 is 17.8 Å². The van der Waals surface area contributed by atoms with Gasteiger partial charge < -0.3 is 39.4 Å². The van der Waals surface area contributed by atoms with Crippen LogP contribution in [-0.2, 0) is 38.1 Å². The summed E-state index contributed by atoms with van der Waals surface area (Å²) in [5, 5.41) is 14.1. The Morgan fingerprint density at radius 2 is 1.39 bits per heavy atom. The molecule has 2 amide bonds. The molecule has 3 fully saturated rings. The number of carboxylic acids is 1. The van der Waals surface area contributed by atoms with Crippen molar-refractivity contribution < 1.29 is 43.2 Å². The summed E-state index contributed by atoms with van der Waals surface area (Å²) in [6.45, 7) is 11.8. The lowest BCUT2D eigenvalue weighted by molar-refractivity contribution is -0.231. The van der Waals surface area contributed by atoms with E-state index in [4.69, 9.17) is 28.8 Å². The summed E-state index contributed by atoms with van der Waals surface area (Å²) in [4.78, 5) is 36.8. The minimum atomic E-state index is -1.17. The number of carbonyl (C=O) groups excluding carboxylic acids is 2. The summed E-state index contributed by atoms with van der Waals surface area (Å²) >= 11 is 0. The molecule has 3 saturated heterocycles. The van der Waals surface area contributed by atoms with Gasteiger partial charge in [0, 0.05) is 0 Å². The lowest BCUT2D eigenvalue weighted by atomic mass is 9.97. The van der Waals surface area contributed by atoms with E-state index in [1.807, 2.05) is 0 Å². The van der Waals surface area contributed by atoms with Crippen LogP contribution >= 0.6 is 0 Å². The summed E-state index contributed by atoms with van der Waals surface area (Å²) in [6, 6.07) is -2.07. The molecule has 0 spiro atoms. The Labute approximate surface area is 181 Å². The molecule has 0 aromatic rings. The van der Waals surface area contributed by atoms with Gasteiger partial charge in [-0.2, -0.15) is 0 Å². The maximum atomic E-state index is 13.2. The Hall–Kier alpha value is -1.79. The van der Waals surface area contributed by atoms with Crippen molar-refractivity contribution in [2.45, 2.75) is 103 Å². The zero-order chi connectivity index (χ0) is 23.3. The molecule has 3 rings (SSSR count). The van der Waals surface area contributed by atoms with Crippen molar-refractivity contribution in [2.75, 3.05) is 0 Å². The van der Waals surface area contributed by atoms with Gasteiger partial charge in [-0.05, 0) is 40.5 Å². The van der Waals surface area contributed by atoms with Crippen molar-refractivity contribution in [1.29, 1.82) is 0 Å². The predicted octanol–water partition coefficient (Wildman–Crippen LogP) is 0.113. The second kappa shape index (κ2) is 8.28. The van der Waals surface area contributed by atoms with Crippen LogP contribution in [0.1, 0.15) is 48.5 Å². The first-order chi connectivity index (χ1) is 14.2. The topological polar surface area (TPSA) is 142 Å². The van der Waals surface area contributed by atoms with E-state index in [0.717, 1.165) is 0 Å². The van der Waals surface area contributed by atoms with Crippen LogP contribution < -0.4 is 10.6 Å². The number of aliphatic carboxylic acids is 1. The second-order valence-corrected chi connectivity index (χ2v) is 9.39. The van der Waals surface area contributed by atoms with Crippen molar-refractivity contribution in [3.05, 3.63) is 0 Å². The largest absolute Gasteiger partial charge is 0.480 e. The number of fused-ring (bicyclic) bond motifs is 3. The van der Waals surface area contributed by atoms with Gasteiger partial charge in [-0.1, -0.05) is 13.8 Å². The van der Waals surface area contributed by atoms with Gasteiger partial charge in [0.25, 0.3) is 5.91 Å². The smallest absolute Gasteiger partial charge is 0.325 e. The Morgan fingerprint density at radius 3 is 1.97 bits per heavy atom. The number of carboxylic acid groups (broad SMARTS) is 1. The average Bonchev–Trinajstić information content (AvgIpc) is 3.11. The molecule has 0 radical (unpaired) electrons. The van der Waals surface area contributed by atoms with Gasteiger partial charge >= 0.3 is 5.97 Å². The van der Waals surface area contributed by atoms with E-state index in [1.165, 1.54) is 6.92 Å². The highest BCUT2D eigenvalue weighted by Crippen LogP contribution is 2.44. The van der Waals surface area contributed by atoms with Gasteiger partial charge in [0.2, 0.25) is 5.91 Å². The SMILES string of the molecule is CC(C)[C@@H](NC(=O)[C@@H]1O[C@@H]2OC(C)(C)O[C@@H]2[C@@H]2OC(C)(C)O[C@@H]21)C(=O)N[C@@H](C)C(=O)O. The maximum Gasteiger partial charge on any atom is 0.325 e. The van der Waals surface area contributed by atoms with Crippen molar-refractivity contribution in [3.63, 3.8) is 0 Å². The third kappa shape index (κ3) is 5.01. The highest BCUT2D eigenvalue weighted by atomic mass is 16.9. The zero-order valence-electron chi connectivity index (χ0n) is 18.8. The van der Waals surface area contributed by atoms with Crippen LogP contribution in [0.5, 0.6) is 0 Å². The standard InChI is InChI=1S/C20H32N2O9/c1-8(2)10(15(23)21-9(3)17(25)26)22-16(24)13-11-12(29-19(4,5)28-11)14-18(27-13)31-20(6,7)30-14/h8-14,18H,1-7H3,(H,21,23)(H,22,24)(H,25,26)/t9-,10+,11-,12+,13+,14+,18+/m0/s1. The third-order valence-corrected chi connectivity index (χ3v) is 5.39. The lowest BCUT2D eigenvalue weighted by Gasteiger charge is -2.37. The normalized spacial score (nSPS) is 35.0. The zero-order valence-corrected chi connectivity index (χ0v) is 18.8. The van der Waals surface area contributed by atoms with E-state index in [2.05, 4.69) is 10.6 Å². The highest BCUT2D eigenvalue weighted by Gasteiger charge is 2.62. The molecule has 3 heterocycles. The van der Waals surface area contributed by atoms with E-state index in [9.17, 15) is 14.4 Å². The maximum absolute atomic E-state index is 13.2. The number of nitrogens with one attached hydrogen (secondary N) is 2. The summed E-state index contributed by atoms with van der Waals surface area (Å²) < 4.78 is 29.5. The summed E-state index contributed by atoms with van der Waals surface area (Å²) in [7, 11) is 0. The summed E-state index contributed by atoms with van der Waals surface area (Å²) in [5.41, 5.74) is 0. The number of hydrogen-bond donors (Lipinski definition) is 3. The number of amides is 2. The van der Waals surface area contributed by atoms with Crippen LogP contribution in [0, 0.1) is 5.92 Å². The molecule has 3 N–H and O–H groups in total. The van der Waals surface area contributed by atoms with Crippen molar-refractivity contribution in [2.24, 2.45) is 5.92 Å². The van der Waals surface area contributed by atoms with Gasteiger partial charge in [0.1, 0.15) is 30.4 Å². The first-order valence-corrected chi connectivity index (χ1v) is 10.4. The quantitative estimate of drug-likeness (QED) is 0.520. The summed E-state index contributed by atoms with van der Waals surface area (Å²) in [5.74, 6) is -4.55. The Morgan fingerprint density at radius 1 is 0.839 bits per heavy atom. The number of hydrogen-bond acceptors (Lipinski definition) is 8. The van der Waals surface area contributed by atoms with Gasteiger partial charge in [-0.25, -0.2) is 0 Å². The first kappa shape index (κ1) is 23.9. The lowest BCUT2D eigenvalue weighted by Crippen LogP contribution is -2.62. The number of carbonyl (C=O) groups is 3. The molecule has 11 nitrogen and oxygen atoms in total. The molecule has 176 valence electrons. The molecule has 0 unspecified atom stereocenters. The highest BCUT2D eigenvalue weighted by molar-refractivity contribution is 5.91. The molecule has 0 aliphatic carbocycles. The number of rotatable bonds is 6. The average molecular weight is 444 g/mol. The minimum Gasteiger partial charge on any atom is -0.480 e. The molecule has 3 aliphatic rings.